The zero-order valence-electron chi connectivity index (χ0n) is 29.8. The van der Waals surface area contributed by atoms with E-state index in [0.717, 1.165) is 33.4 Å². The Bertz CT molecular complexity index is 2040. The Morgan fingerprint density at radius 1 is 0.426 bits per heavy atom. The molecule has 0 saturated carbocycles. The molecule has 2 aliphatic carbocycles. The number of nitrogens with zero attached hydrogens (tertiary/aromatic N) is 2. The number of fused-ring (bicyclic) bond motifs is 4. The molecule has 276 valence electrons. The smallest absolute Gasteiger partial charge is 0.381 e. The summed E-state index contributed by atoms with van der Waals surface area (Å²) >= 11 is 0. The van der Waals surface area contributed by atoms with Crippen molar-refractivity contribution in [2.45, 2.75) is 38.0 Å². The molecule has 6 nitrogen and oxygen atoms in total. The van der Waals surface area contributed by atoms with Crippen molar-refractivity contribution in [2.75, 3.05) is 0 Å². The molecule has 2 N–H and O–H groups in total. The number of hydrogen-bond donors (Lipinski definition) is 2. The first-order chi connectivity index (χ1) is 25.4. The summed E-state index contributed by atoms with van der Waals surface area (Å²) in [6.45, 7) is 3.97. The Morgan fingerprint density at radius 2 is 0.741 bits per heavy atom. The van der Waals surface area contributed by atoms with Crippen LogP contribution in [0.4, 0.5) is 0 Å². The van der Waals surface area contributed by atoms with Crippen LogP contribution in [-0.2, 0) is 43.7 Å². The van der Waals surface area contributed by atoms with Gasteiger partial charge >= 0.3 is 34.1 Å². The standard InChI is InChI=1S/C46H40N4O2.2Cu/c1-31-23-37-27-47-41(33-15-7-3-8-16-33)43(35-19-11-5-12-20-35)49-29-39-25-32(2)26-40(46(39)52)30-50-44(36-21-13-6-14-22-36)42(34-17-9-4-10-18-34)48-28-38(24-31)45(37)51;;/h3-30,41-44,47,50H,1-2H3;;/q;2*+1. The van der Waals surface area contributed by atoms with Crippen LogP contribution in [0.3, 0.4) is 0 Å². The summed E-state index contributed by atoms with van der Waals surface area (Å²) in [5, 5.41) is 7.17. The number of allylic oxidation sites excluding steroid dienone is 10. The zero-order chi connectivity index (χ0) is 35.9. The fourth-order valence-corrected chi connectivity index (χ4v) is 6.84. The molecule has 1 heterocycles. The molecule has 4 aromatic carbocycles. The number of ketones is 2. The van der Waals surface area contributed by atoms with Gasteiger partial charge in [-0.3, -0.25) is 19.6 Å². The first-order valence-electron chi connectivity index (χ1n) is 17.5. The average molecular weight is 808 g/mol. The van der Waals surface area contributed by atoms with Crippen LogP contribution in [0.5, 0.6) is 0 Å². The van der Waals surface area contributed by atoms with Crippen molar-refractivity contribution in [1.82, 2.24) is 10.6 Å². The van der Waals surface area contributed by atoms with Gasteiger partial charge in [-0.1, -0.05) is 121 Å². The number of hydrogen-bond acceptors (Lipinski definition) is 6. The summed E-state index contributed by atoms with van der Waals surface area (Å²) in [6, 6.07) is 38.6. The van der Waals surface area contributed by atoms with Gasteiger partial charge in [-0.25, -0.2) is 0 Å². The van der Waals surface area contributed by atoms with Crippen molar-refractivity contribution < 1.29 is 43.7 Å². The number of Topliss-reactive ketones (excluding diaryl/α,β-unsaturated/α-hetero) is 2. The van der Waals surface area contributed by atoms with Crippen LogP contribution in [-0.4, -0.2) is 24.0 Å². The maximum atomic E-state index is 14.1. The van der Waals surface area contributed by atoms with Crippen molar-refractivity contribution in [2.24, 2.45) is 9.98 Å². The predicted octanol–water partition coefficient (Wildman–Crippen LogP) is 8.96. The quantitative estimate of drug-likeness (QED) is 0.202. The Hall–Kier alpha value is -5.36. The van der Waals surface area contributed by atoms with E-state index >= 15 is 0 Å². The van der Waals surface area contributed by atoms with Crippen LogP contribution in [0, 0.1) is 0 Å². The average Bonchev–Trinajstić information content (AvgIpc) is 3.18. The molecular formula is C46H40Cu2N4O2+2. The van der Waals surface area contributed by atoms with E-state index in [4.69, 9.17) is 9.98 Å². The van der Waals surface area contributed by atoms with Gasteiger partial charge in [0, 0.05) is 47.1 Å². The minimum absolute atomic E-state index is 0. The van der Waals surface area contributed by atoms with Crippen molar-refractivity contribution in [1.29, 1.82) is 0 Å². The van der Waals surface area contributed by atoms with E-state index in [1.807, 2.05) is 159 Å². The molecule has 0 radical (unpaired) electrons. The number of benzene rings is 4. The van der Waals surface area contributed by atoms with Crippen LogP contribution >= 0.6 is 0 Å². The first kappa shape index (κ1) is 39.8. The van der Waals surface area contributed by atoms with Gasteiger partial charge in [0.15, 0.2) is 11.6 Å². The molecule has 0 aromatic heterocycles. The number of nitrogens with one attached hydrogen (secondary N) is 2. The van der Waals surface area contributed by atoms with Gasteiger partial charge in [-0.05, 0) is 71.6 Å². The number of rotatable bonds is 4. The fourth-order valence-electron chi connectivity index (χ4n) is 6.84. The van der Waals surface area contributed by atoms with Gasteiger partial charge in [0.1, 0.15) is 0 Å². The molecule has 1 aliphatic heterocycles. The third-order valence-corrected chi connectivity index (χ3v) is 9.40. The molecule has 4 bridgehead atoms. The zero-order valence-corrected chi connectivity index (χ0v) is 31.7. The van der Waals surface area contributed by atoms with E-state index in [1.54, 1.807) is 24.8 Å². The first-order valence-corrected chi connectivity index (χ1v) is 17.5. The maximum Gasteiger partial charge on any atom is 1.00 e. The molecule has 0 amide bonds. The van der Waals surface area contributed by atoms with Gasteiger partial charge in [-0.15, -0.1) is 0 Å². The van der Waals surface area contributed by atoms with E-state index in [2.05, 4.69) is 10.6 Å². The Kier molecular flexibility index (Phi) is 13.7. The molecule has 4 aromatic rings. The van der Waals surface area contributed by atoms with Gasteiger partial charge in [0.05, 0.1) is 24.2 Å². The maximum absolute atomic E-state index is 14.1. The van der Waals surface area contributed by atoms with Crippen molar-refractivity contribution >= 4 is 24.0 Å². The van der Waals surface area contributed by atoms with Crippen molar-refractivity contribution in [3.8, 4) is 0 Å². The van der Waals surface area contributed by atoms with Gasteiger partial charge in [0.25, 0.3) is 0 Å². The summed E-state index contributed by atoms with van der Waals surface area (Å²) in [7, 11) is 0. The minimum atomic E-state index is -0.431. The normalized spacial score (nSPS) is 21.4. The predicted molar refractivity (Wildman–Crippen MR) is 210 cm³/mol. The Balaban J connectivity index is 0.00000280. The SMILES string of the molecule is CC1=CC2=CNC(c3ccccc3)C(c3ccccc3)N=CC3=CC(C)=CC(=CNC(c4ccccc4)C(c4ccccc4)N=CC(=C1)C2=O)C3=O.[Cu+].[Cu+]. The van der Waals surface area contributed by atoms with Crippen LogP contribution in [0.1, 0.15) is 60.3 Å². The molecule has 4 atom stereocenters. The fraction of sp³-hybridized carbons (Fsp3) is 0.130. The molecule has 8 heteroatoms. The van der Waals surface area contributed by atoms with Crippen LogP contribution in [0.2, 0.25) is 0 Å². The monoisotopic (exact) mass is 806 g/mol. The van der Waals surface area contributed by atoms with E-state index < -0.39 is 12.1 Å². The molecular weight excluding hydrogens is 768 g/mol. The van der Waals surface area contributed by atoms with Crippen LogP contribution < -0.4 is 10.6 Å². The Morgan fingerprint density at radius 3 is 1.07 bits per heavy atom. The second-order valence-electron chi connectivity index (χ2n) is 13.2. The molecule has 0 spiro atoms. The molecule has 0 fully saturated rings. The number of carbonyl (C=O) groups is 2. The molecule has 4 unspecified atom stereocenters. The Labute approximate surface area is 338 Å². The van der Waals surface area contributed by atoms with Gasteiger partial charge in [0.2, 0.25) is 0 Å². The minimum Gasteiger partial charge on any atom is -0.381 e. The van der Waals surface area contributed by atoms with Crippen LogP contribution in [0.25, 0.3) is 0 Å². The summed E-state index contributed by atoms with van der Waals surface area (Å²) in [6.07, 6.45) is 14.5. The second-order valence-corrected chi connectivity index (χ2v) is 13.2. The van der Waals surface area contributed by atoms with E-state index in [0.29, 0.717) is 22.3 Å². The van der Waals surface area contributed by atoms with Crippen LogP contribution in [0.15, 0.2) is 201 Å². The van der Waals surface area contributed by atoms with Crippen molar-refractivity contribution in [3.63, 3.8) is 0 Å². The molecule has 54 heavy (non-hydrogen) atoms. The second kappa shape index (κ2) is 18.6. The van der Waals surface area contributed by atoms with E-state index in [1.165, 1.54) is 0 Å². The topological polar surface area (TPSA) is 82.9 Å². The molecule has 0 saturated heterocycles. The third-order valence-electron chi connectivity index (χ3n) is 9.40. The molecule has 3 aliphatic rings. The van der Waals surface area contributed by atoms with Crippen molar-refractivity contribution in [3.05, 3.63) is 214 Å². The number of carbonyl (C=O) groups excluding carboxylic acids is 2. The van der Waals surface area contributed by atoms with Gasteiger partial charge in [-0.2, -0.15) is 0 Å². The molecule has 7 rings (SSSR count). The van der Waals surface area contributed by atoms with Gasteiger partial charge < -0.3 is 10.6 Å². The summed E-state index contributed by atoms with van der Waals surface area (Å²) < 4.78 is 0. The summed E-state index contributed by atoms with van der Waals surface area (Å²) in [5.41, 5.74) is 7.82. The third kappa shape index (κ3) is 9.22. The summed E-state index contributed by atoms with van der Waals surface area (Å²) in [5.74, 6) is -0.253. The number of aliphatic imine (C=N–C) groups is 2. The largest absolute Gasteiger partial charge is 1.00 e. The van der Waals surface area contributed by atoms with E-state index in [9.17, 15) is 9.59 Å². The summed E-state index contributed by atoms with van der Waals surface area (Å²) in [4.78, 5) is 38.5. The van der Waals surface area contributed by atoms with E-state index in [-0.39, 0.29) is 57.8 Å².